The Morgan fingerprint density at radius 1 is 1.16 bits per heavy atom. The summed E-state index contributed by atoms with van der Waals surface area (Å²) in [5.41, 5.74) is -0.0681. The minimum Gasteiger partial charge on any atom is -0.366 e. The monoisotopic (exact) mass is 279 g/mol. The number of rotatable bonds is 6. The Morgan fingerprint density at radius 3 is 2.11 bits per heavy atom. The minimum absolute atomic E-state index is 0.106. The van der Waals surface area contributed by atoms with Crippen molar-refractivity contribution in [1.29, 1.82) is 0 Å². The number of halogens is 4. The van der Waals surface area contributed by atoms with Gasteiger partial charge in [0.05, 0.1) is 11.6 Å². The van der Waals surface area contributed by atoms with Crippen molar-refractivity contribution in [3.05, 3.63) is 29.8 Å². The lowest BCUT2D eigenvalue weighted by molar-refractivity contribution is -0.137. The number of alkyl halides is 3. The van der Waals surface area contributed by atoms with Gasteiger partial charge < -0.3 is 4.90 Å². The molecule has 1 rings (SSSR count). The Bertz CT molecular complexity index is 377. The second-order valence-corrected chi connectivity index (χ2v) is 4.17. The first-order valence-corrected chi connectivity index (χ1v) is 6.11. The molecular weight excluding hydrogens is 262 g/mol. The van der Waals surface area contributed by atoms with Crippen LogP contribution >= 0.6 is 0 Å². The predicted octanol–water partition coefficient (Wildman–Crippen LogP) is 4.21. The van der Waals surface area contributed by atoms with Gasteiger partial charge in [0, 0.05) is 12.2 Å². The van der Waals surface area contributed by atoms with Gasteiger partial charge in [-0.2, -0.15) is 18.1 Å². The van der Waals surface area contributed by atoms with Crippen LogP contribution in [-0.2, 0) is 11.1 Å². The molecule has 0 fully saturated rings. The molecule has 0 saturated carbocycles. The molecule has 0 aliphatic heterocycles. The van der Waals surface area contributed by atoms with Gasteiger partial charge in [-0.1, -0.05) is 6.92 Å². The summed E-state index contributed by atoms with van der Waals surface area (Å²) in [6.45, 7) is 4.19. The van der Waals surface area contributed by atoms with Crippen LogP contribution in [0.3, 0.4) is 0 Å². The molecular formula is C13H17F4NO. The van der Waals surface area contributed by atoms with Gasteiger partial charge in [0.25, 0.3) is 0 Å². The van der Waals surface area contributed by atoms with Crippen molar-refractivity contribution >= 4 is 5.69 Å². The molecule has 1 aromatic carbocycles. The Labute approximate surface area is 109 Å². The minimum atomic E-state index is -4.35. The molecule has 0 heterocycles. The zero-order valence-corrected chi connectivity index (χ0v) is 10.9. The Hall–Kier alpha value is -1.30. The van der Waals surface area contributed by atoms with Gasteiger partial charge in [-0.25, -0.2) is 0 Å². The molecule has 1 aromatic rings. The molecule has 0 aliphatic rings. The molecule has 0 N–H and O–H groups in total. The lowest BCUT2D eigenvalue weighted by Crippen LogP contribution is -2.37. The number of hydrogen-bond donors (Lipinski definition) is 0. The van der Waals surface area contributed by atoms with Gasteiger partial charge in [-0.15, -0.1) is 0 Å². The molecule has 0 spiro atoms. The highest BCUT2D eigenvalue weighted by molar-refractivity contribution is 5.49. The number of anilines is 1. The van der Waals surface area contributed by atoms with E-state index < -0.39 is 11.7 Å². The topological polar surface area (TPSA) is 12.5 Å². The van der Waals surface area contributed by atoms with E-state index in [1.165, 1.54) is 12.1 Å². The normalized spacial score (nSPS) is 13.4. The number of hydrogen-bond acceptors (Lipinski definition) is 2. The van der Waals surface area contributed by atoms with Gasteiger partial charge in [0.15, 0.2) is 0 Å². The average Bonchev–Trinajstić information content (AvgIpc) is 2.38. The van der Waals surface area contributed by atoms with Gasteiger partial charge >= 0.3 is 6.18 Å². The van der Waals surface area contributed by atoms with Crippen molar-refractivity contribution in [1.82, 2.24) is 0 Å². The molecule has 19 heavy (non-hydrogen) atoms. The molecule has 0 aliphatic carbocycles. The van der Waals surface area contributed by atoms with Crippen LogP contribution in [0.1, 0.15) is 25.8 Å². The molecule has 2 nitrogen and oxygen atoms in total. The molecule has 0 radical (unpaired) electrons. The van der Waals surface area contributed by atoms with E-state index in [0.29, 0.717) is 18.7 Å². The summed E-state index contributed by atoms with van der Waals surface area (Å²) in [5.74, 6) is 0. The van der Waals surface area contributed by atoms with Crippen molar-refractivity contribution in [2.45, 2.75) is 32.5 Å². The van der Waals surface area contributed by atoms with Gasteiger partial charge in [-0.05, 0) is 42.1 Å². The van der Waals surface area contributed by atoms with Crippen molar-refractivity contribution < 1.29 is 22.6 Å². The number of nitrogens with zero attached hydrogens (tertiary/aromatic N) is 1. The SMILES string of the molecule is CCC(COF)N(CC)c1ccc(C(F)(F)F)cc1. The van der Waals surface area contributed by atoms with Gasteiger partial charge in [-0.3, -0.25) is 0 Å². The summed E-state index contributed by atoms with van der Waals surface area (Å²) in [6, 6.07) is 4.65. The fourth-order valence-electron chi connectivity index (χ4n) is 1.99. The Kier molecular flexibility index (Phi) is 5.60. The highest BCUT2D eigenvalue weighted by Gasteiger charge is 2.30. The zero-order chi connectivity index (χ0) is 14.5. The van der Waals surface area contributed by atoms with Gasteiger partial charge in [0.1, 0.15) is 6.61 Å². The Morgan fingerprint density at radius 2 is 1.74 bits per heavy atom. The molecule has 108 valence electrons. The fourth-order valence-corrected chi connectivity index (χ4v) is 1.99. The quantitative estimate of drug-likeness (QED) is 0.723. The maximum atomic E-state index is 12.5. The van der Waals surface area contributed by atoms with Crippen molar-refractivity contribution in [2.24, 2.45) is 0 Å². The predicted molar refractivity (Wildman–Crippen MR) is 65.6 cm³/mol. The van der Waals surface area contributed by atoms with Crippen molar-refractivity contribution in [3.8, 4) is 0 Å². The summed E-state index contributed by atoms with van der Waals surface area (Å²) in [5, 5.41) is 0. The van der Waals surface area contributed by atoms with Crippen LogP contribution in [0.5, 0.6) is 0 Å². The molecule has 0 aromatic heterocycles. The molecule has 6 heteroatoms. The van der Waals surface area contributed by atoms with Gasteiger partial charge in [0.2, 0.25) is 0 Å². The largest absolute Gasteiger partial charge is 0.416 e. The van der Waals surface area contributed by atoms with E-state index in [4.69, 9.17) is 0 Å². The highest BCUT2D eigenvalue weighted by Crippen LogP contribution is 2.31. The summed E-state index contributed by atoms with van der Waals surface area (Å²) < 4.78 is 49.4. The number of likely N-dealkylation sites (N-methyl/N-ethyl adjacent to an activating group) is 1. The van der Waals surface area contributed by atoms with Crippen LogP contribution in [0.15, 0.2) is 24.3 Å². The molecule has 0 saturated heterocycles. The van der Waals surface area contributed by atoms with Crippen LogP contribution in [-0.4, -0.2) is 19.2 Å². The smallest absolute Gasteiger partial charge is 0.366 e. The molecule has 0 amide bonds. The fraction of sp³-hybridized carbons (Fsp3) is 0.538. The van der Waals surface area contributed by atoms with E-state index in [1.54, 1.807) is 0 Å². The lowest BCUT2D eigenvalue weighted by atomic mass is 10.1. The third-order valence-electron chi connectivity index (χ3n) is 3.03. The van der Waals surface area contributed by atoms with E-state index in [2.05, 4.69) is 4.94 Å². The Balaban J connectivity index is 2.93. The molecule has 0 bridgehead atoms. The highest BCUT2D eigenvalue weighted by atomic mass is 19.4. The maximum Gasteiger partial charge on any atom is 0.416 e. The third-order valence-corrected chi connectivity index (χ3v) is 3.03. The lowest BCUT2D eigenvalue weighted by Gasteiger charge is -2.31. The van der Waals surface area contributed by atoms with Crippen LogP contribution in [0, 0.1) is 0 Å². The van der Waals surface area contributed by atoms with Crippen molar-refractivity contribution in [3.63, 3.8) is 0 Å². The van der Waals surface area contributed by atoms with Crippen LogP contribution in [0.25, 0.3) is 0 Å². The summed E-state index contributed by atoms with van der Waals surface area (Å²) in [4.78, 5) is 5.47. The number of benzene rings is 1. The van der Waals surface area contributed by atoms with E-state index in [1.807, 2.05) is 18.7 Å². The average molecular weight is 279 g/mol. The van der Waals surface area contributed by atoms with E-state index >= 15 is 0 Å². The van der Waals surface area contributed by atoms with E-state index in [0.717, 1.165) is 12.1 Å². The van der Waals surface area contributed by atoms with Crippen molar-refractivity contribution in [2.75, 3.05) is 18.1 Å². The van der Waals surface area contributed by atoms with E-state index in [9.17, 15) is 17.7 Å². The summed E-state index contributed by atoms with van der Waals surface area (Å²) in [6.07, 6.45) is -3.71. The maximum absolute atomic E-state index is 12.5. The first kappa shape index (κ1) is 15.8. The second-order valence-electron chi connectivity index (χ2n) is 4.17. The first-order chi connectivity index (χ1) is 8.93. The van der Waals surface area contributed by atoms with Crippen LogP contribution in [0.2, 0.25) is 0 Å². The zero-order valence-electron chi connectivity index (χ0n) is 10.9. The third kappa shape index (κ3) is 4.09. The van der Waals surface area contributed by atoms with Crippen LogP contribution in [0.4, 0.5) is 23.4 Å². The summed E-state index contributed by atoms with van der Waals surface area (Å²) >= 11 is 0. The van der Waals surface area contributed by atoms with E-state index in [-0.39, 0.29) is 12.6 Å². The summed E-state index contributed by atoms with van der Waals surface area (Å²) in [7, 11) is 0. The standard InChI is InChI=1S/C13H17F4NO/c1-3-11(9-19-17)18(4-2)12-7-5-10(6-8-12)13(14,15)16/h5-8,11H,3-4,9H2,1-2H3. The molecule has 1 atom stereocenters. The molecule has 1 unspecified atom stereocenters. The first-order valence-electron chi connectivity index (χ1n) is 6.11. The second kappa shape index (κ2) is 6.75. The van der Waals surface area contributed by atoms with Crippen LogP contribution < -0.4 is 4.90 Å².